The molecule has 4 heteroatoms. The van der Waals surface area contributed by atoms with Gasteiger partial charge in [0.05, 0.1) is 24.6 Å². The molecular formula is C11H12ClNO2. The number of aromatic hydroxyl groups is 1. The van der Waals surface area contributed by atoms with Crippen LogP contribution in [0.4, 0.5) is 0 Å². The summed E-state index contributed by atoms with van der Waals surface area (Å²) in [5, 5.41) is 19.1. The Morgan fingerprint density at radius 1 is 1.40 bits per heavy atom. The lowest BCUT2D eigenvalue weighted by molar-refractivity contribution is 0.368. The molecule has 1 aromatic carbocycles. The highest BCUT2D eigenvalue weighted by atomic mass is 35.5. The molecule has 80 valence electrons. The van der Waals surface area contributed by atoms with Crippen molar-refractivity contribution in [1.29, 1.82) is 5.26 Å². The van der Waals surface area contributed by atoms with Crippen LogP contribution in [0.15, 0.2) is 0 Å². The first-order valence-electron chi connectivity index (χ1n) is 4.46. The number of methoxy groups -OCH3 is 1. The maximum Gasteiger partial charge on any atom is 0.165 e. The third-order valence-electron chi connectivity index (χ3n) is 2.41. The van der Waals surface area contributed by atoms with Crippen molar-refractivity contribution in [2.45, 2.75) is 20.3 Å². The van der Waals surface area contributed by atoms with E-state index in [-0.39, 0.29) is 12.2 Å². The topological polar surface area (TPSA) is 53.2 Å². The van der Waals surface area contributed by atoms with E-state index in [9.17, 15) is 5.11 Å². The Hall–Kier alpha value is -1.40. The van der Waals surface area contributed by atoms with Crippen molar-refractivity contribution in [3.8, 4) is 17.6 Å². The molecule has 0 unspecified atom stereocenters. The number of ether oxygens (including phenoxy) is 1. The SMILES string of the molecule is COc1c(C)c(Cl)c(C)c(CC#N)c1O. The highest BCUT2D eigenvalue weighted by molar-refractivity contribution is 6.32. The van der Waals surface area contributed by atoms with Crippen LogP contribution in [0.3, 0.4) is 0 Å². The Morgan fingerprint density at radius 3 is 2.47 bits per heavy atom. The first kappa shape index (κ1) is 11.7. The zero-order chi connectivity index (χ0) is 11.6. The maximum absolute atomic E-state index is 9.87. The molecule has 0 heterocycles. The molecule has 0 bridgehead atoms. The monoisotopic (exact) mass is 225 g/mol. The Bertz CT molecular complexity index is 435. The number of halogens is 1. The lowest BCUT2D eigenvalue weighted by Gasteiger charge is -2.15. The quantitative estimate of drug-likeness (QED) is 0.842. The smallest absolute Gasteiger partial charge is 0.165 e. The van der Waals surface area contributed by atoms with Gasteiger partial charge in [0.15, 0.2) is 11.5 Å². The third-order valence-corrected chi connectivity index (χ3v) is 2.98. The lowest BCUT2D eigenvalue weighted by atomic mass is 10.0. The average molecular weight is 226 g/mol. The first-order chi connectivity index (χ1) is 7.04. The summed E-state index contributed by atoms with van der Waals surface area (Å²) in [6, 6.07) is 1.99. The van der Waals surface area contributed by atoms with Crippen LogP contribution < -0.4 is 4.74 Å². The van der Waals surface area contributed by atoms with Gasteiger partial charge in [-0.05, 0) is 19.4 Å². The number of hydrogen-bond donors (Lipinski definition) is 1. The predicted molar refractivity (Wildman–Crippen MR) is 58.5 cm³/mol. The molecule has 0 saturated heterocycles. The molecule has 1 aromatic rings. The molecular weight excluding hydrogens is 214 g/mol. The third kappa shape index (κ3) is 1.86. The fraction of sp³-hybridized carbons (Fsp3) is 0.364. The van der Waals surface area contributed by atoms with E-state index < -0.39 is 0 Å². The number of benzene rings is 1. The second kappa shape index (κ2) is 4.41. The second-order valence-electron chi connectivity index (χ2n) is 3.26. The Balaban J connectivity index is 3.54. The molecule has 0 aliphatic carbocycles. The lowest BCUT2D eigenvalue weighted by Crippen LogP contribution is -1.97. The van der Waals surface area contributed by atoms with Crippen molar-refractivity contribution in [2.24, 2.45) is 0 Å². The van der Waals surface area contributed by atoms with Gasteiger partial charge in [-0.3, -0.25) is 0 Å². The van der Waals surface area contributed by atoms with Crippen molar-refractivity contribution in [1.82, 2.24) is 0 Å². The van der Waals surface area contributed by atoms with Crippen LogP contribution >= 0.6 is 11.6 Å². The molecule has 0 saturated carbocycles. The van der Waals surface area contributed by atoms with Crippen LogP contribution in [0.1, 0.15) is 16.7 Å². The normalized spacial score (nSPS) is 9.80. The van der Waals surface area contributed by atoms with Crippen molar-refractivity contribution in [3.63, 3.8) is 0 Å². The van der Waals surface area contributed by atoms with E-state index in [1.54, 1.807) is 13.8 Å². The highest BCUT2D eigenvalue weighted by Crippen LogP contribution is 2.41. The van der Waals surface area contributed by atoms with Gasteiger partial charge in [-0.1, -0.05) is 11.6 Å². The number of nitrogens with zero attached hydrogens (tertiary/aromatic N) is 1. The molecule has 0 aromatic heterocycles. The van der Waals surface area contributed by atoms with Crippen LogP contribution in [0.5, 0.6) is 11.5 Å². The number of phenolic OH excluding ortho intramolecular Hbond substituents is 1. The zero-order valence-electron chi connectivity index (χ0n) is 8.89. The Morgan fingerprint density at radius 2 is 2.00 bits per heavy atom. The van der Waals surface area contributed by atoms with Crippen LogP contribution in [0.2, 0.25) is 5.02 Å². The summed E-state index contributed by atoms with van der Waals surface area (Å²) in [5.74, 6) is 0.356. The molecule has 0 atom stereocenters. The van der Waals surface area contributed by atoms with Gasteiger partial charge < -0.3 is 9.84 Å². The summed E-state index contributed by atoms with van der Waals surface area (Å²) in [4.78, 5) is 0. The van der Waals surface area contributed by atoms with Gasteiger partial charge in [0, 0.05) is 11.1 Å². The van der Waals surface area contributed by atoms with Gasteiger partial charge in [-0.25, -0.2) is 0 Å². The molecule has 0 radical (unpaired) electrons. The molecule has 0 aliphatic rings. The molecule has 0 aliphatic heterocycles. The van der Waals surface area contributed by atoms with E-state index in [0.29, 0.717) is 21.9 Å². The summed E-state index contributed by atoms with van der Waals surface area (Å²) < 4.78 is 5.05. The van der Waals surface area contributed by atoms with Crippen molar-refractivity contribution >= 4 is 11.6 Å². The number of phenols is 1. The molecule has 0 amide bonds. The summed E-state index contributed by atoms with van der Waals surface area (Å²) in [6.45, 7) is 3.55. The minimum Gasteiger partial charge on any atom is -0.504 e. The van der Waals surface area contributed by atoms with E-state index in [1.807, 2.05) is 6.07 Å². The van der Waals surface area contributed by atoms with Gasteiger partial charge in [-0.2, -0.15) is 5.26 Å². The van der Waals surface area contributed by atoms with Crippen molar-refractivity contribution in [3.05, 3.63) is 21.7 Å². The molecule has 1 N–H and O–H groups in total. The fourth-order valence-corrected chi connectivity index (χ4v) is 1.75. The van der Waals surface area contributed by atoms with Crippen LogP contribution in [-0.4, -0.2) is 12.2 Å². The standard InChI is InChI=1S/C11H12ClNO2/c1-6-8(4-5-13)10(14)11(15-3)7(2)9(6)12/h14H,4H2,1-3H3. The van der Waals surface area contributed by atoms with Gasteiger partial charge in [0.2, 0.25) is 0 Å². The van der Waals surface area contributed by atoms with Crippen LogP contribution in [0.25, 0.3) is 0 Å². The molecule has 1 rings (SSSR count). The van der Waals surface area contributed by atoms with E-state index in [4.69, 9.17) is 21.6 Å². The van der Waals surface area contributed by atoms with Gasteiger partial charge in [0.25, 0.3) is 0 Å². The fourth-order valence-electron chi connectivity index (χ4n) is 1.55. The predicted octanol–water partition coefficient (Wildman–Crippen LogP) is 2.74. The zero-order valence-corrected chi connectivity index (χ0v) is 9.64. The molecule has 0 spiro atoms. The minimum absolute atomic E-state index is 0.0125. The number of hydrogen-bond acceptors (Lipinski definition) is 3. The number of nitriles is 1. The van der Waals surface area contributed by atoms with E-state index in [2.05, 4.69) is 0 Å². The number of rotatable bonds is 2. The summed E-state index contributed by atoms with van der Waals surface area (Å²) in [6.07, 6.45) is 0.119. The minimum atomic E-state index is 0.0125. The molecule has 0 fully saturated rings. The Kier molecular flexibility index (Phi) is 3.43. The first-order valence-corrected chi connectivity index (χ1v) is 4.83. The van der Waals surface area contributed by atoms with Crippen LogP contribution in [-0.2, 0) is 6.42 Å². The summed E-state index contributed by atoms with van der Waals surface area (Å²) in [7, 11) is 1.46. The maximum atomic E-state index is 9.87. The van der Waals surface area contributed by atoms with E-state index in [0.717, 1.165) is 5.56 Å². The highest BCUT2D eigenvalue weighted by Gasteiger charge is 2.18. The molecule has 3 nitrogen and oxygen atoms in total. The molecule has 15 heavy (non-hydrogen) atoms. The van der Waals surface area contributed by atoms with Crippen molar-refractivity contribution in [2.75, 3.05) is 7.11 Å². The average Bonchev–Trinajstić information content (AvgIpc) is 2.22. The van der Waals surface area contributed by atoms with Gasteiger partial charge >= 0.3 is 0 Å². The van der Waals surface area contributed by atoms with Gasteiger partial charge in [0.1, 0.15) is 0 Å². The largest absolute Gasteiger partial charge is 0.504 e. The summed E-state index contributed by atoms with van der Waals surface area (Å²) >= 11 is 6.07. The van der Waals surface area contributed by atoms with Gasteiger partial charge in [-0.15, -0.1) is 0 Å². The van der Waals surface area contributed by atoms with Crippen LogP contribution in [0, 0.1) is 25.2 Å². The van der Waals surface area contributed by atoms with Crippen molar-refractivity contribution < 1.29 is 9.84 Å². The Labute approximate surface area is 93.9 Å². The van der Waals surface area contributed by atoms with E-state index >= 15 is 0 Å². The second-order valence-corrected chi connectivity index (χ2v) is 3.64. The van der Waals surface area contributed by atoms with E-state index in [1.165, 1.54) is 7.11 Å². The summed E-state index contributed by atoms with van der Waals surface area (Å²) in [5.41, 5.74) is 1.95.